The predicted octanol–water partition coefficient (Wildman–Crippen LogP) is 4.94. The number of nitrogens with zero attached hydrogens (tertiary/aromatic N) is 1. The second kappa shape index (κ2) is 8.50. The molecule has 2 aromatic carbocycles. The zero-order valence-corrected chi connectivity index (χ0v) is 19.0. The Kier molecular flexibility index (Phi) is 5.52. The maximum atomic E-state index is 13.6. The third-order valence-corrected chi connectivity index (χ3v) is 6.52. The first-order valence-electron chi connectivity index (χ1n) is 11.4. The topological polar surface area (TPSA) is 74.2 Å². The van der Waals surface area contributed by atoms with Gasteiger partial charge in [0.1, 0.15) is 5.92 Å². The molecule has 5 rings (SSSR count). The molecule has 0 bridgehead atoms. The van der Waals surface area contributed by atoms with Crippen LogP contribution in [0.1, 0.15) is 56.6 Å². The average Bonchev–Trinajstić information content (AvgIpc) is 3.26. The summed E-state index contributed by atoms with van der Waals surface area (Å²) in [6.07, 6.45) is 0.794. The summed E-state index contributed by atoms with van der Waals surface area (Å²) in [5, 5.41) is 0. The highest BCUT2D eigenvalue weighted by atomic mass is 16.7. The number of Topliss-reactive ketones (excluding diaryl/α,β-unsaturated/α-hetero) is 1. The first-order valence-corrected chi connectivity index (χ1v) is 11.4. The Morgan fingerprint density at radius 2 is 1.79 bits per heavy atom. The van der Waals surface area contributed by atoms with Crippen molar-refractivity contribution < 1.29 is 23.8 Å². The lowest BCUT2D eigenvalue weighted by Gasteiger charge is -2.36. The molecule has 33 heavy (non-hydrogen) atoms. The van der Waals surface area contributed by atoms with Crippen molar-refractivity contribution in [1.29, 1.82) is 0 Å². The van der Waals surface area contributed by atoms with E-state index in [4.69, 9.17) is 19.2 Å². The van der Waals surface area contributed by atoms with E-state index in [-0.39, 0.29) is 30.6 Å². The van der Waals surface area contributed by atoms with Crippen LogP contribution in [0.5, 0.6) is 11.5 Å². The van der Waals surface area contributed by atoms with Crippen molar-refractivity contribution in [2.45, 2.75) is 51.6 Å². The van der Waals surface area contributed by atoms with Crippen molar-refractivity contribution in [2.24, 2.45) is 10.9 Å². The van der Waals surface area contributed by atoms with Gasteiger partial charge in [0.05, 0.1) is 6.10 Å². The number of carbonyl (C=O) groups is 2. The van der Waals surface area contributed by atoms with Gasteiger partial charge in [0.15, 0.2) is 17.3 Å². The lowest BCUT2D eigenvalue weighted by atomic mass is 9.69. The fraction of sp³-hybridized carbons (Fsp3) is 0.370. The Morgan fingerprint density at radius 3 is 2.55 bits per heavy atom. The van der Waals surface area contributed by atoms with Crippen LogP contribution >= 0.6 is 0 Å². The van der Waals surface area contributed by atoms with Gasteiger partial charge in [0.25, 0.3) is 0 Å². The fourth-order valence-electron chi connectivity index (χ4n) is 5.10. The maximum absolute atomic E-state index is 13.6. The van der Waals surface area contributed by atoms with Crippen LogP contribution in [-0.4, -0.2) is 30.4 Å². The van der Waals surface area contributed by atoms with Crippen molar-refractivity contribution in [3.05, 3.63) is 70.9 Å². The van der Waals surface area contributed by atoms with Crippen LogP contribution in [0.3, 0.4) is 0 Å². The molecule has 6 heteroatoms. The zero-order valence-electron chi connectivity index (χ0n) is 19.0. The Hall–Kier alpha value is -3.41. The molecule has 6 nitrogen and oxygen atoms in total. The van der Waals surface area contributed by atoms with E-state index in [2.05, 4.69) is 12.1 Å². The maximum Gasteiger partial charge on any atom is 0.315 e. The van der Waals surface area contributed by atoms with E-state index in [1.165, 1.54) is 0 Å². The van der Waals surface area contributed by atoms with Crippen molar-refractivity contribution in [3.8, 4) is 11.5 Å². The molecule has 0 radical (unpaired) electrons. The normalized spacial score (nSPS) is 23.9. The molecule has 0 fully saturated rings. The number of esters is 1. The summed E-state index contributed by atoms with van der Waals surface area (Å²) < 4.78 is 16.6. The Labute approximate surface area is 193 Å². The molecule has 0 amide bonds. The molecule has 0 saturated heterocycles. The number of benzene rings is 2. The van der Waals surface area contributed by atoms with Crippen molar-refractivity contribution >= 4 is 17.5 Å². The number of aliphatic imine (C=N–C) groups is 1. The molecule has 3 aliphatic rings. The van der Waals surface area contributed by atoms with Gasteiger partial charge in [-0.2, -0.15) is 0 Å². The van der Waals surface area contributed by atoms with Gasteiger partial charge < -0.3 is 14.2 Å². The standard InChI is InChI=1S/C27H27NO5/c1-15(2)33-27(30)24-16(3)28-20-11-19(17-7-5-4-6-8-17)12-21(29)26(20)25(24)18-9-10-22-23(13-18)32-14-31-22/h4-10,13,15,19,24-25H,11-12,14H2,1-3H3/t19-,24?,25-/m1/s1. The van der Waals surface area contributed by atoms with Gasteiger partial charge >= 0.3 is 5.97 Å². The van der Waals surface area contributed by atoms with E-state index >= 15 is 0 Å². The molecule has 2 aliphatic heterocycles. The van der Waals surface area contributed by atoms with Gasteiger partial charge in [-0.05, 0) is 56.4 Å². The van der Waals surface area contributed by atoms with Gasteiger partial charge in [0, 0.05) is 29.3 Å². The van der Waals surface area contributed by atoms with E-state index in [1.54, 1.807) is 0 Å². The van der Waals surface area contributed by atoms with Crippen LogP contribution in [0.25, 0.3) is 0 Å². The molecular weight excluding hydrogens is 418 g/mol. The van der Waals surface area contributed by atoms with Crippen LogP contribution in [0.2, 0.25) is 0 Å². The summed E-state index contributed by atoms with van der Waals surface area (Å²) in [5.74, 6) is -0.104. The molecule has 3 atom stereocenters. The molecule has 1 aliphatic carbocycles. The molecule has 2 aromatic rings. The summed E-state index contributed by atoms with van der Waals surface area (Å²) in [6, 6.07) is 15.7. The lowest BCUT2D eigenvalue weighted by molar-refractivity contribution is -0.150. The highest BCUT2D eigenvalue weighted by Crippen LogP contribution is 2.48. The quantitative estimate of drug-likeness (QED) is 0.623. The Morgan fingerprint density at radius 1 is 1.03 bits per heavy atom. The molecule has 170 valence electrons. The third-order valence-electron chi connectivity index (χ3n) is 6.52. The first kappa shape index (κ1) is 21.4. The summed E-state index contributed by atoms with van der Waals surface area (Å²) >= 11 is 0. The second-order valence-corrected chi connectivity index (χ2v) is 9.11. The average molecular weight is 446 g/mol. The highest BCUT2D eigenvalue weighted by molar-refractivity contribution is 6.09. The number of ketones is 1. The van der Waals surface area contributed by atoms with Crippen LogP contribution in [0, 0.1) is 5.92 Å². The zero-order chi connectivity index (χ0) is 23.1. The number of carbonyl (C=O) groups excluding carboxylic acids is 2. The van der Waals surface area contributed by atoms with E-state index in [1.807, 2.05) is 57.2 Å². The number of hydrogen-bond donors (Lipinski definition) is 0. The van der Waals surface area contributed by atoms with Crippen molar-refractivity contribution in [3.63, 3.8) is 0 Å². The van der Waals surface area contributed by atoms with E-state index in [9.17, 15) is 9.59 Å². The minimum absolute atomic E-state index is 0.0337. The number of hydrogen-bond acceptors (Lipinski definition) is 6. The predicted molar refractivity (Wildman–Crippen MR) is 124 cm³/mol. The molecular formula is C27H27NO5. The van der Waals surface area contributed by atoms with Crippen molar-refractivity contribution in [1.82, 2.24) is 0 Å². The fourth-order valence-corrected chi connectivity index (χ4v) is 5.10. The lowest BCUT2D eigenvalue weighted by Crippen LogP contribution is -2.38. The summed E-state index contributed by atoms with van der Waals surface area (Å²) in [7, 11) is 0. The number of fused-ring (bicyclic) bond motifs is 1. The molecule has 0 aromatic heterocycles. The number of rotatable bonds is 4. The minimum atomic E-state index is -0.663. The van der Waals surface area contributed by atoms with Gasteiger partial charge in [-0.15, -0.1) is 0 Å². The minimum Gasteiger partial charge on any atom is -0.462 e. The molecule has 0 N–H and O–H groups in total. The van der Waals surface area contributed by atoms with Crippen LogP contribution < -0.4 is 9.47 Å². The summed E-state index contributed by atoms with van der Waals surface area (Å²) in [4.78, 5) is 31.6. The van der Waals surface area contributed by atoms with Crippen LogP contribution in [0.4, 0.5) is 0 Å². The van der Waals surface area contributed by atoms with E-state index < -0.39 is 11.8 Å². The number of allylic oxidation sites excluding steroid dienone is 2. The smallest absolute Gasteiger partial charge is 0.315 e. The third kappa shape index (κ3) is 3.94. The van der Waals surface area contributed by atoms with Crippen molar-refractivity contribution in [2.75, 3.05) is 6.79 Å². The second-order valence-electron chi connectivity index (χ2n) is 9.11. The Balaban J connectivity index is 1.60. The molecule has 1 unspecified atom stereocenters. The molecule has 2 heterocycles. The van der Waals surface area contributed by atoms with Gasteiger partial charge in [-0.25, -0.2) is 0 Å². The SMILES string of the molecule is CC1=NC2=C(C(=O)C[C@H](c3ccccc3)C2)[C@H](c2ccc3c(c2)OCO3)C1C(=O)OC(C)C. The van der Waals surface area contributed by atoms with E-state index in [0.29, 0.717) is 35.6 Å². The molecule has 0 saturated carbocycles. The van der Waals surface area contributed by atoms with Crippen LogP contribution in [0.15, 0.2) is 64.8 Å². The summed E-state index contributed by atoms with van der Waals surface area (Å²) in [5.41, 5.74) is 4.03. The van der Waals surface area contributed by atoms with Gasteiger partial charge in [-0.3, -0.25) is 14.6 Å². The largest absolute Gasteiger partial charge is 0.462 e. The van der Waals surface area contributed by atoms with Gasteiger partial charge in [0.2, 0.25) is 6.79 Å². The van der Waals surface area contributed by atoms with Crippen LogP contribution in [-0.2, 0) is 14.3 Å². The van der Waals surface area contributed by atoms with Gasteiger partial charge in [-0.1, -0.05) is 36.4 Å². The van der Waals surface area contributed by atoms with E-state index in [0.717, 1.165) is 16.8 Å². The number of ether oxygens (including phenoxy) is 3. The highest BCUT2D eigenvalue weighted by Gasteiger charge is 2.45. The monoisotopic (exact) mass is 445 g/mol. The Bertz CT molecular complexity index is 1160. The molecule has 0 spiro atoms. The summed E-state index contributed by atoms with van der Waals surface area (Å²) in [6.45, 7) is 5.66. The first-order chi connectivity index (χ1) is 15.9.